The smallest absolute Gasteiger partial charge is 0.0288 e. The highest BCUT2D eigenvalue weighted by Gasteiger charge is 2.10. The highest BCUT2D eigenvalue weighted by Crippen LogP contribution is 2.08. The Labute approximate surface area is 44.4 Å². The Bertz CT molecular complexity index is 86.2. The first-order valence-electron chi connectivity index (χ1n) is 2.73. The van der Waals surface area contributed by atoms with Gasteiger partial charge in [-0.2, -0.15) is 0 Å². The minimum absolute atomic E-state index is 0.653. The van der Waals surface area contributed by atoms with Gasteiger partial charge in [-0.1, -0.05) is 13.0 Å². The fourth-order valence-corrected chi connectivity index (χ4v) is 0.678. The summed E-state index contributed by atoms with van der Waals surface area (Å²) in [7, 11) is 0. The predicted molar refractivity (Wildman–Crippen MR) is 30.9 cm³/mol. The second kappa shape index (κ2) is 1.57. The third kappa shape index (κ3) is 0.763. The van der Waals surface area contributed by atoms with E-state index < -0.39 is 0 Å². The standard InChI is InChI=1S/C6H11N/c1-5-3-4-7-6(5)2/h3-7H,1-2H3. The lowest BCUT2D eigenvalue weighted by molar-refractivity contribution is 0.556. The summed E-state index contributed by atoms with van der Waals surface area (Å²) in [5.74, 6) is 0.722. The molecule has 0 radical (unpaired) electrons. The van der Waals surface area contributed by atoms with E-state index in [2.05, 4.69) is 25.2 Å². The van der Waals surface area contributed by atoms with E-state index in [-0.39, 0.29) is 0 Å². The maximum atomic E-state index is 3.19. The molecule has 0 aliphatic carbocycles. The van der Waals surface area contributed by atoms with Gasteiger partial charge in [0.1, 0.15) is 0 Å². The summed E-state index contributed by atoms with van der Waals surface area (Å²) in [5.41, 5.74) is 0. The zero-order valence-electron chi connectivity index (χ0n) is 4.81. The lowest BCUT2D eigenvalue weighted by Gasteiger charge is -2.06. The summed E-state index contributed by atoms with van der Waals surface area (Å²) in [6.45, 7) is 4.39. The van der Waals surface area contributed by atoms with Crippen molar-refractivity contribution in [3.63, 3.8) is 0 Å². The Hall–Kier alpha value is -0.460. The van der Waals surface area contributed by atoms with Crippen molar-refractivity contribution >= 4 is 0 Å². The molecule has 0 spiro atoms. The SMILES string of the molecule is CC1C=CNC1C. The molecule has 2 unspecified atom stereocenters. The molecular weight excluding hydrogens is 86.1 g/mol. The van der Waals surface area contributed by atoms with Gasteiger partial charge >= 0.3 is 0 Å². The molecule has 1 rings (SSSR count). The van der Waals surface area contributed by atoms with Crippen molar-refractivity contribution in [2.45, 2.75) is 19.9 Å². The second-order valence-corrected chi connectivity index (χ2v) is 2.17. The quantitative estimate of drug-likeness (QED) is 0.477. The molecular formula is C6H11N. The van der Waals surface area contributed by atoms with Gasteiger partial charge in [0.15, 0.2) is 0 Å². The van der Waals surface area contributed by atoms with Crippen molar-refractivity contribution in [1.29, 1.82) is 0 Å². The molecule has 2 atom stereocenters. The highest BCUT2D eigenvalue weighted by molar-refractivity contribution is 4.98. The van der Waals surface area contributed by atoms with Crippen LogP contribution in [0.1, 0.15) is 13.8 Å². The fourth-order valence-electron chi connectivity index (χ4n) is 0.678. The number of nitrogens with one attached hydrogen (secondary N) is 1. The Kier molecular flexibility index (Phi) is 1.05. The van der Waals surface area contributed by atoms with Crippen LogP contribution in [0.15, 0.2) is 12.3 Å². The normalized spacial score (nSPS) is 38.6. The lowest BCUT2D eigenvalue weighted by Crippen LogP contribution is -2.19. The van der Waals surface area contributed by atoms with Crippen LogP contribution in [0.25, 0.3) is 0 Å². The molecule has 1 aliphatic heterocycles. The number of hydrogen-bond acceptors (Lipinski definition) is 1. The third-order valence-electron chi connectivity index (χ3n) is 1.55. The molecule has 1 N–H and O–H groups in total. The van der Waals surface area contributed by atoms with Crippen LogP contribution in [0.3, 0.4) is 0 Å². The van der Waals surface area contributed by atoms with Crippen molar-refractivity contribution in [2.75, 3.05) is 0 Å². The molecule has 1 heteroatoms. The molecule has 1 heterocycles. The van der Waals surface area contributed by atoms with E-state index in [1.807, 2.05) is 6.20 Å². The first kappa shape index (κ1) is 4.69. The molecule has 0 aromatic carbocycles. The number of hydrogen-bond donors (Lipinski definition) is 1. The summed E-state index contributed by atoms with van der Waals surface area (Å²) in [5, 5.41) is 3.19. The number of rotatable bonds is 0. The molecule has 0 aromatic heterocycles. The minimum atomic E-state index is 0.653. The van der Waals surface area contributed by atoms with Gasteiger partial charge in [0.2, 0.25) is 0 Å². The molecule has 1 aliphatic rings. The second-order valence-electron chi connectivity index (χ2n) is 2.17. The van der Waals surface area contributed by atoms with E-state index in [1.54, 1.807) is 0 Å². The zero-order chi connectivity index (χ0) is 5.28. The molecule has 7 heavy (non-hydrogen) atoms. The molecule has 0 aromatic rings. The van der Waals surface area contributed by atoms with E-state index in [9.17, 15) is 0 Å². The largest absolute Gasteiger partial charge is 0.388 e. The van der Waals surface area contributed by atoms with Crippen LogP contribution in [0.2, 0.25) is 0 Å². The minimum Gasteiger partial charge on any atom is -0.388 e. The van der Waals surface area contributed by atoms with E-state index in [0.717, 1.165) is 5.92 Å². The van der Waals surface area contributed by atoms with Gasteiger partial charge in [-0.15, -0.1) is 0 Å². The molecule has 0 saturated carbocycles. The van der Waals surface area contributed by atoms with E-state index in [4.69, 9.17) is 0 Å². The van der Waals surface area contributed by atoms with Gasteiger partial charge in [0, 0.05) is 6.04 Å². The monoisotopic (exact) mass is 97.1 g/mol. The lowest BCUT2D eigenvalue weighted by atomic mass is 10.1. The summed E-state index contributed by atoms with van der Waals surface area (Å²) in [6.07, 6.45) is 4.21. The molecule has 40 valence electrons. The maximum Gasteiger partial charge on any atom is 0.0288 e. The van der Waals surface area contributed by atoms with Gasteiger partial charge in [-0.05, 0) is 19.0 Å². The summed E-state index contributed by atoms with van der Waals surface area (Å²) in [6, 6.07) is 0.653. The van der Waals surface area contributed by atoms with Crippen molar-refractivity contribution in [3.05, 3.63) is 12.3 Å². The van der Waals surface area contributed by atoms with Gasteiger partial charge in [0.25, 0.3) is 0 Å². The van der Waals surface area contributed by atoms with Crippen LogP contribution < -0.4 is 5.32 Å². The van der Waals surface area contributed by atoms with Crippen LogP contribution in [0.4, 0.5) is 0 Å². The Morgan fingerprint density at radius 1 is 1.43 bits per heavy atom. The van der Waals surface area contributed by atoms with E-state index in [0.29, 0.717) is 6.04 Å². The maximum absolute atomic E-state index is 3.19. The van der Waals surface area contributed by atoms with Crippen LogP contribution in [-0.4, -0.2) is 6.04 Å². The van der Waals surface area contributed by atoms with Gasteiger partial charge in [-0.25, -0.2) is 0 Å². The summed E-state index contributed by atoms with van der Waals surface area (Å²) >= 11 is 0. The van der Waals surface area contributed by atoms with Gasteiger partial charge in [-0.3, -0.25) is 0 Å². The average molecular weight is 97.2 g/mol. The van der Waals surface area contributed by atoms with Crippen molar-refractivity contribution in [2.24, 2.45) is 5.92 Å². The molecule has 0 fully saturated rings. The van der Waals surface area contributed by atoms with Crippen LogP contribution in [0, 0.1) is 5.92 Å². The molecule has 0 bridgehead atoms. The summed E-state index contributed by atoms with van der Waals surface area (Å²) in [4.78, 5) is 0. The van der Waals surface area contributed by atoms with Crippen molar-refractivity contribution < 1.29 is 0 Å². The van der Waals surface area contributed by atoms with Crippen LogP contribution in [0.5, 0.6) is 0 Å². The fraction of sp³-hybridized carbons (Fsp3) is 0.667. The molecule has 0 saturated heterocycles. The Morgan fingerprint density at radius 2 is 2.14 bits per heavy atom. The third-order valence-corrected chi connectivity index (χ3v) is 1.55. The zero-order valence-corrected chi connectivity index (χ0v) is 4.81. The Balaban J connectivity index is 2.45. The molecule has 0 amide bonds. The van der Waals surface area contributed by atoms with Crippen molar-refractivity contribution in [1.82, 2.24) is 5.32 Å². The molecule has 1 nitrogen and oxygen atoms in total. The average Bonchev–Trinajstić information content (AvgIpc) is 1.91. The Morgan fingerprint density at radius 3 is 2.29 bits per heavy atom. The first-order valence-corrected chi connectivity index (χ1v) is 2.73. The van der Waals surface area contributed by atoms with E-state index in [1.165, 1.54) is 0 Å². The van der Waals surface area contributed by atoms with E-state index >= 15 is 0 Å². The highest BCUT2D eigenvalue weighted by atomic mass is 14.9. The summed E-state index contributed by atoms with van der Waals surface area (Å²) < 4.78 is 0. The van der Waals surface area contributed by atoms with Crippen LogP contribution >= 0.6 is 0 Å². The van der Waals surface area contributed by atoms with Crippen LogP contribution in [-0.2, 0) is 0 Å². The topological polar surface area (TPSA) is 12.0 Å². The van der Waals surface area contributed by atoms with Crippen molar-refractivity contribution in [3.8, 4) is 0 Å². The van der Waals surface area contributed by atoms with Gasteiger partial charge < -0.3 is 5.32 Å². The predicted octanol–water partition coefficient (Wildman–Crippen LogP) is 1.13. The first-order chi connectivity index (χ1) is 3.30. The van der Waals surface area contributed by atoms with Gasteiger partial charge in [0.05, 0.1) is 0 Å².